The molecular formula is C10H25NO6P+. The first-order valence-electron chi connectivity index (χ1n) is 5.66. The summed E-state index contributed by atoms with van der Waals surface area (Å²) in [4.78, 5) is 9.07. The Labute approximate surface area is 108 Å². The van der Waals surface area contributed by atoms with Gasteiger partial charge in [-0.1, -0.05) is 0 Å². The van der Waals surface area contributed by atoms with E-state index in [2.05, 4.69) is 4.52 Å². The monoisotopic (exact) mass is 286 g/mol. The first kappa shape index (κ1) is 18.0. The van der Waals surface area contributed by atoms with Crippen LogP contribution in [0.15, 0.2) is 0 Å². The number of quaternary nitrogens is 1. The molecule has 1 unspecified atom stereocenters. The van der Waals surface area contributed by atoms with Gasteiger partial charge in [0.1, 0.15) is 13.2 Å². The van der Waals surface area contributed by atoms with Gasteiger partial charge in [-0.15, -0.1) is 0 Å². The van der Waals surface area contributed by atoms with Crippen LogP contribution in [-0.2, 0) is 13.6 Å². The molecule has 0 spiro atoms. The first-order chi connectivity index (χ1) is 8.10. The lowest BCUT2D eigenvalue weighted by molar-refractivity contribution is -0.897. The highest BCUT2D eigenvalue weighted by Crippen LogP contribution is 2.41. The molecule has 0 aromatic rings. The average molecular weight is 286 g/mol. The van der Waals surface area contributed by atoms with Gasteiger partial charge in [0.15, 0.2) is 0 Å². The number of hydrogen-bond acceptors (Lipinski definition) is 5. The van der Waals surface area contributed by atoms with E-state index in [0.29, 0.717) is 17.6 Å². The second kappa shape index (κ2) is 6.96. The summed E-state index contributed by atoms with van der Waals surface area (Å²) in [6.07, 6.45) is 0. The summed E-state index contributed by atoms with van der Waals surface area (Å²) in [7, 11) is 0.955. The zero-order valence-electron chi connectivity index (χ0n) is 11.5. The van der Waals surface area contributed by atoms with E-state index >= 15 is 0 Å². The topological polar surface area (TPSA) is 96.2 Å². The van der Waals surface area contributed by atoms with E-state index in [9.17, 15) is 14.8 Å². The maximum atomic E-state index is 11.1. The highest BCUT2D eigenvalue weighted by atomic mass is 31.2. The Hall–Kier alpha value is -0.0100. The third-order valence-corrected chi connectivity index (χ3v) is 3.73. The van der Waals surface area contributed by atoms with Crippen LogP contribution in [-0.4, -0.2) is 73.7 Å². The molecule has 0 rings (SSSR count). The lowest BCUT2D eigenvalue weighted by Gasteiger charge is -2.37. The Balaban J connectivity index is 4.28. The number of aliphatic hydroxyl groups excluding tert-OH is 2. The Kier molecular flexibility index (Phi) is 6.95. The third-order valence-electron chi connectivity index (χ3n) is 2.75. The molecule has 0 aliphatic rings. The van der Waals surface area contributed by atoms with Crippen LogP contribution in [0, 0.1) is 5.41 Å². The largest absolute Gasteiger partial charge is 0.472 e. The van der Waals surface area contributed by atoms with Crippen molar-refractivity contribution in [1.82, 2.24) is 0 Å². The number of phosphoric ester groups is 1. The van der Waals surface area contributed by atoms with Gasteiger partial charge < -0.3 is 19.6 Å². The van der Waals surface area contributed by atoms with Gasteiger partial charge in [0.05, 0.1) is 39.3 Å². The smallest absolute Gasteiger partial charge is 0.395 e. The predicted octanol–water partition coefficient (Wildman–Crippen LogP) is -0.183. The SMILES string of the molecule is COP(=O)(O)OCC[N+](C)(C)CC(C)(CO)CO. The maximum Gasteiger partial charge on any atom is 0.472 e. The molecule has 0 amide bonds. The molecule has 8 heteroatoms. The third kappa shape index (κ3) is 6.80. The summed E-state index contributed by atoms with van der Waals surface area (Å²) in [5.41, 5.74) is -0.590. The van der Waals surface area contributed by atoms with E-state index in [1.54, 1.807) is 6.92 Å². The van der Waals surface area contributed by atoms with E-state index in [1.807, 2.05) is 14.1 Å². The van der Waals surface area contributed by atoms with Gasteiger partial charge in [-0.3, -0.25) is 9.05 Å². The molecule has 0 radical (unpaired) electrons. The molecule has 3 N–H and O–H groups in total. The fraction of sp³-hybridized carbons (Fsp3) is 1.00. The van der Waals surface area contributed by atoms with Gasteiger partial charge in [0.2, 0.25) is 0 Å². The Morgan fingerprint density at radius 2 is 1.78 bits per heavy atom. The number of phosphoric acid groups is 1. The van der Waals surface area contributed by atoms with Crippen molar-refractivity contribution in [3.05, 3.63) is 0 Å². The summed E-state index contributed by atoms with van der Waals surface area (Å²) in [6, 6.07) is 0. The molecule has 0 aliphatic carbocycles. The van der Waals surface area contributed by atoms with Gasteiger partial charge in [-0.25, -0.2) is 4.57 Å². The molecule has 0 bridgehead atoms. The van der Waals surface area contributed by atoms with Crippen molar-refractivity contribution < 1.29 is 33.2 Å². The van der Waals surface area contributed by atoms with Crippen molar-refractivity contribution >= 4 is 7.82 Å². The number of likely N-dealkylation sites (N-methyl/N-ethyl adjacent to an activating group) is 1. The number of rotatable bonds is 9. The van der Waals surface area contributed by atoms with Crippen LogP contribution in [0.4, 0.5) is 0 Å². The number of aliphatic hydroxyl groups is 2. The Bertz CT molecular complexity index is 292. The zero-order valence-corrected chi connectivity index (χ0v) is 12.4. The normalized spacial score (nSPS) is 16.6. The number of hydrogen-bond donors (Lipinski definition) is 3. The van der Waals surface area contributed by atoms with Gasteiger partial charge in [0.25, 0.3) is 0 Å². The quantitative estimate of drug-likeness (QED) is 0.402. The van der Waals surface area contributed by atoms with Crippen LogP contribution in [0.5, 0.6) is 0 Å². The summed E-state index contributed by atoms with van der Waals surface area (Å²) in [6.45, 7) is 2.57. The van der Waals surface area contributed by atoms with Crippen LogP contribution in [0.3, 0.4) is 0 Å². The number of nitrogens with zero attached hydrogens (tertiary/aromatic N) is 1. The van der Waals surface area contributed by atoms with Crippen LogP contribution in [0.2, 0.25) is 0 Å². The van der Waals surface area contributed by atoms with Crippen LogP contribution >= 0.6 is 7.82 Å². The first-order valence-corrected chi connectivity index (χ1v) is 7.16. The van der Waals surface area contributed by atoms with Gasteiger partial charge in [-0.05, 0) is 6.92 Å². The van der Waals surface area contributed by atoms with Crippen LogP contribution < -0.4 is 0 Å². The molecule has 0 aromatic carbocycles. The fourth-order valence-electron chi connectivity index (χ4n) is 1.72. The summed E-state index contributed by atoms with van der Waals surface area (Å²) >= 11 is 0. The summed E-state index contributed by atoms with van der Waals surface area (Å²) < 4.78 is 20.6. The molecule has 0 saturated carbocycles. The molecule has 1 atom stereocenters. The molecule has 18 heavy (non-hydrogen) atoms. The minimum Gasteiger partial charge on any atom is -0.395 e. The van der Waals surface area contributed by atoms with Gasteiger partial charge >= 0.3 is 7.82 Å². The maximum absolute atomic E-state index is 11.1. The lowest BCUT2D eigenvalue weighted by atomic mass is 9.91. The van der Waals surface area contributed by atoms with E-state index in [-0.39, 0.29) is 19.8 Å². The van der Waals surface area contributed by atoms with Crippen molar-refractivity contribution in [1.29, 1.82) is 0 Å². The molecule has 0 aliphatic heterocycles. The summed E-state index contributed by atoms with van der Waals surface area (Å²) in [5.74, 6) is 0. The van der Waals surface area contributed by atoms with Crippen LogP contribution in [0.25, 0.3) is 0 Å². The molecule has 7 nitrogen and oxygen atoms in total. The van der Waals surface area contributed by atoms with Gasteiger partial charge in [-0.2, -0.15) is 0 Å². The predicted molar refractivity (Wildman–Crippen MR) is 66.9 cm³/mol. The van der Waals surface area contributed by atoms with Crippen LogP contribution in [0.1, 0.15) is 6.92 Å². The Morgan fingerprint density at radius 3 is 2.17 bits per heavy atom. The van der Waals surface area contributed by atoms with Crippen molar-refractivity contribution in [2.75, 3.05) is 54.1 Å². The molecule has 0 aromatic heterocycles. The minimum absolute atomic E-state index is 0.0571. The summed E-state index contributed by atoms with van der Waals surface area (Å²) in [5, 5.41) is 18.5. The second-order valence-electron chi connectivity index (χ2n) is 5.43. The van der Waals surface area contributed by atoms with Crippen molar-refractivity contribution in [3.63, 3.8) is 0 Å². The minimum atomic E-state index is -3.93. The van der Waals surface area contributed by atoms with E-state index in [4.69, 9.17) is 9.42 Å². The molecule has 0 heterocycles. The second-order valence-corrected chi connectivity index (χ2v) is 6.99. The average Bonchev–Trinajstić information content (AvgIpc) is 2.27. The molecule has 0 saturated heterocycles. The Morgan fingerprint density at radius 1 is 1.28 bits per heavy atom. The van der Waals surface area contributed by atoms with E-state index < -0.39 is 13.2 Å². The highest BCUT2D eigenvalue weighted by Gasteiger charge is 2.32. The van der Waals surface area contributed by atoms with Crippen molar-refractivity contribution in [2.24, 2.45) is 5.41 Å². The fourth-order valence-corrected chi connectivity index (χ4v) is 2.14. The molecule has 0 fully saturated rings. The molecular weight excluding hydrogens is 261 g/mol. The standard InChI is InChI=1S/C10H24NO6P/c1-10(8-12,9-13)7-11(2,3)5-6-17-18(14,15)16-4/h12-13H,5-9H2,1-4H3/p+1. The van der Waals surface area contributed by atoms with E-state index in [0.717, 1.165) is 7.11 Å². The highest BCUT2D eigenvalue weighted by molar-refractivity contribution is 7.47. The molecule has 110 valence electrons. The van der Waals surface area contributed by atoms with Gasteiger partial charge in [0, 0.05) is 7.11 Å². The van der Waals surface area contributed by atoms with Crippen molar-refractivity contribution in [3.8, 4) is 0 Å². The lowest BCUT2D eigenvalue weighted by Crippen LogP contribution is -2.51. The van der Waals surface area contributed by atoms with E-state index in [1.165, 1.54) is 0 Å². The van der Waals surface area contributed by atoms with Crippen molar-refractivity contribution in [2.45, 2.75) is 6.92 Å². The zero-order chi connectivity index (χ0) is 14.4.